The number of rotatable bonds is 4. The number of nitrogens with zero attached hydrogens (tertiary/aromatic N) is 1. The van der Waals surface area contributed by atoms with Gasteiger partial charge in [-0.15, -0.1) is 0 Å². The highest BCUT2D eigenvalue weighted by molar-refractivity contribution is 9.10. The monoisotopic (exact) mass is 275 g/mol. The molecule has 0 bridgehead atoms. The van der Waals surface area contributed by atoms with E-state index in [1.54, 1.807) is 12.1 Å². The summed E-state index contributed by atoms with van der Waals surface area (Å²) in [5.41, 5.74) is 5.22. The van der Waals surface area contributed by atoms with Gasteiger partial charge in [-0.25, -0.2) is 0 Å². The summed E-state index contributed by atoms with van der Waals surface area (Å²) in [6.45, 7) is 0.285. The van der Waals surface area contributed by atoms with E-state index in [0.29, 0.717) is 4.67 Å². The first kappa shape index (κ1) is 11.6. The number of halogens is 1. The molecule has 6 nitrogen and oxygen atoms in total. The van der Waals surface area contributed by atoms with E-state index in [2.05, 4.69) is 26.4 Å². The third kappa shape index (κ3) is 3.62. The highest BCUT2D eigenvalue weighted by Gasteiger charge is 2.09. The smallest absolute Gasteiger partial charge is 0.287 e. The largest absolute Gasteiger partial charge is 0.444 e. The highest BCUT2D eigenvalue weighted by atomic mass is 79.9. The van der Waals surface area contributed by atoms with Crippen LogP contribution in [0.25, 0.3) is 0 Å². The van der Waals surface area contributed by atoms with Gasteiger partial charge in [-0.05, 0) is 28.1 Å². The van der Waals surface area contributed by atoms with Crippen LogP contribution in [0.1, 0.15) is 17.0 Å². The lowest BCUT2D eigenvalue weighted by Crippen LogP contribution is -2.27. The average molecular weight is 276 g/mol. The number of furan rings is 1. The Kier molecular flexibility index (Phi) is 4.17. The molecule has 0 saturated heterocycles. The van der Waals surface area contributed by atoms with E-state index in [4.69, 9.17) is 15.4 Å². The first-order chi connectivity index (χ1) is 7.13. The Morgan fingerprint density at radius 3 is 2.93 bits per heavy atom. The minimum Gasteiger partial charge on any atom is -0.444 e. The summed E-state index contributed by atoms with van der Waals surface area (Å²) >= 11 is 3.08. The van der Waals surface area contributed by atoms with Gasteiger partial charge in [0.2, 0.25) is 0 Å². The SMILES string of the molecule is NC(CCNC(=O)c1ccc(Br)o1)=NO. The molecule has 0 radical (unpaired) electrons. The van der Waals surface area contributed by atoms with Crippen LogP contribution in [0.3, 0.4) is 0 Å². The Bertz CT molecular complexity index is 375. The molecule has 1 aromatic rings. The van der Waals surface area contributed by atoms with E-state index < -0.39 is 0 Å². The van der Waals surface area contributed by atoms with Crippen molar-refractivity contribution in [3.05, 3.63) is 22.6 Å². The maximum atomic E-state index is 11.4. The minimum atomic E-state index is -0.341. The number of hydrogen-bond acceptors (Lipinski definition) is 4. The van der Waals surface area contributed by atoms with Crippen LogP contribution in [0, 0.1) is 0 Å². The number of carbonyl (C=O) groups excluding carboxylic acids is 1. The van der Waals surface area contributed by atoms with Crippen LogP contribution in [0.2, 0.25) is 0 Å². The van der Waals surface area contributed by atoms with Gasteiger partial charge < -0.3 is 20.7 Å². The lowest BCUT2D eigenvalue weighted by atomic mass is 10.3. The van der Waals surface area contributed by atoms with Crippen LogP contribution in [0.5, 0.6) is 0 Å². The van der Waals surface area contributed by atoms with Crippen molar-refractivity contribution < 1.29 is 14.4 Å². The number of amidine groups is 1. The Balaban J connectivity index is 2.37. The quantitative estimate of drug-likeness (QED) is 0.329. The van der Waals surface area contributed by atoms with Crippen LogP contribution in [-0.4, -0.2) is 23.5 Å². The molecule has 0 saturated carbocycles. The Labute approximate surface area is 94.2 Å². The number of nitrogens with one attached hydrogen (secondary N) is 1. The van der Waals surface area contributed by atoms with Gasteiger partial charge in [-0.3, -0.25) is 4.79 Å². The van der Waals surface area contributed by atoms with E-state index in [0.717, 1.165) is 0 Å². The van der Waals surface area contributed by atoms with Crippen LogP contribution in [0.15, 0.2) is 26.4 Å². The topological polar surface area (TPSA) is 101 Å². The predicted molar refractivity (Wildman–Crippen MR) is 56.8 cm³/mol. The van der Waals surface area contributed by atoms with Gasteiger partial charge in [-0.2, -0.15) is 0 Å². The third-order valence-corrected chi connectivity index (χ3v) is 2.02. The van der Waals surface area contributed by atoms with Crippen molar-refractivity contribution in [3.63, 3.8) is 0 Å². The molecule has 1 heterocycles. The molecule has 1 amide bonds. The highest BCUT2D eigenvalue weighted by Crippen LogP contribution is 2.13. The van der Waals surface area contributed by atoms with Gasteiger partial charge in [0.15, 0.2) is 10.4 Å². The van der Waals surface area contributed by atoms with Crippen molar-refractivity contribution in [2.75, 3.05) is 6.54 Å². The van der Waals surface area contributed by atoms with Crippen LogP contribution < -0.4 is 11.1 Å². The summed E-state index contributed by atoms with van der Waals surface area (Å²) in [7, 11) is 0. The molecule has 1 aromatic heterocycles. The molecule has 82 valence electrons. The Hall–Kier alpha value is -1.50. The van der Waals surface area contributed by atoms with Gasteiger partial charge in [0.05, 0.1) is 0 Å². The number of hydrogen-bond donors (Lipinski definition) is 3. The molecule has 0 spiro atoms. The average Bonchev–Trinajstić information content (AvgIpc) is 2.64. The fraction of sp³-hybridized carbons (Fsp3) is 0.250. The van der Waals surface area contributed by atoms with Crippen molar-refractivity contribution in [1.82, 2.24) is 5.32 Å². The second-order valence-corrected chi connectivity index (χ2v) is 3.48. The molecular weight excluding hydrogens is 266 g/mol. The number of carbonyl (C=O) groups is 1. The minimum absolute atomic E-state index is 0.0657. The van der Waals surface area contributed by atoms with Crippen molar-refractivity contribution >= 4 is 27.7 Å². The number of amides is 1. The molecule has 0 aromatic carbocycles. The first-order valence-electron chi connectivity index (χ1n) is 4.13. The molecule has 0 atom stereocenters. The summed E-state index contributed by atoms with van der Waals surface area (Å²) in [5.74, 6) is -0.0660. The number of nitrogens with two attached hydrogens (primary N) is 1. The van der Waals surface area contributed by atoms with E-state index >= 15 is 0 Å². The molecule has 4 N–H and O–H groups in total. The van der Waals surface area contributed by atoms with Crippen LogP contribution in [-0.2, 0) is 0 Å². The van der Waals surface area contributed by atoms with Crippen molar-refractivity contribution in [2.45, 2.75) is 6.42 Å². The van der Waals surface area contributed by atoms with E-state index in [9.17, 15) is 4.79 Å². The molecule has 0 fully saturated rings. The number of oxime groups is 1. The maximum Gasteiger partial charge on any atom is 0.287 e. The molecule has 1 rings (SSSR count). The summed E-state index contributed by atoms with van der Waals surface area (Å²) in [6, 6.07) is 3.17. The van der Waals surface area contributed by atoms with Crippen LogP contribution in [0.4, 0.5) is 0 Å². The van der Waals surface area contributed by atoms with Crippen molar-refractivity contribution in [3.8, 4) is 0 Å². The van der Waals surface area contributed by atoms with E-state index in [1.807, 2.05) is 0 Å². The molecule has 0 aliphatic carbocycles. The fourth-order valence-corrected chi connectivity index (χ4v) is 1.18. The standard InChI is InChI=1S/C8H10BrN3O3/c9-6-2-1-5(15-6)8(13)11-4-3-7(10)12-14/h1-2,14H,3-4H2,(H2,10,12)(H,11,13). The summed E-state index contributed by atoms with van der Waals surface area (Å²) in [6.07, 6.45) is 0.282. The van der Waals surface area contributed by atoms with Gasteiger partial charge in [0.1, 0.15) is 5.84 Å². The summed E-state index contributed by atoms with van der Waals surface area (Å²) in [4.78, 5) is 11.4. The maximum absolute atomic E-state index is 11.4. The van der Waals surface area contributed by atoms with Gasteiger partial charge in [-0.1, -0.05) is 5.16 Å². The zero-order valence-corrected chi connectivity index (χ0v) is 9.32. The summed E-state index contributed by atoms with van der Waals surface area (Å²) < 4.78 is 5.51. The molecule has 7 heteroatoms. The molecule has 0 unspecified atom stereocenters. The van der Waals surface area contributed by atoms with Gasteiger partial charge in [0.25, 0.3) is 5.91 Å². The molecule has 0 aliphatic rings. The van der Waals surface area contributed by atoms with Gasteiger partial charge >= 0.3 is 0 Å². The molecular formula is C8H10BrN3O3. The van der Waals surface area contributed by atoms with E-state index in [-0.39, 0.29) is 30.5 Å². The second-order valence-electron chi connectivity index (χ2n) is 2.70. The summed E-state index contributed by atoms with van der Waals surface area (Å²) in [5, 5.41) is 13.6. The zero-order chi connectivity index (χ0) is 11.3. The second kappa shape index (κ2) is 5.40. The van der Waals surface area contributed by atoms with Gasteiger partial charge in [0, 0.05) is 13.0 Å². The lowest BCUT2D eigenvalue weighted by Gasteiger charge is -2.01. The molecule has 0 aliphatic heterocycles. The third-order valence-electron chi connectivity index (χ3n) is 1.59. The Morgan fingerprint density at radius 2 is 2.40 bits per heavy atom. The van der Waals surface area contributed by atoms with Crippen molar-refractivity contribution in [2.24, 2.45) is 10.9 Å². The Morgan fingerprint density at radius 1 is 1.67 bits per heavy atom. The normalized spacial score (nSPS) is 11.4. The van der Waals surface area contributed by atoms with E-state index in [1.165, 1.54) is 0 Å². The zero-order valence-electron chi connectivity index (χ0n) is 7.74. The first-order valence-corrected chi connectivity index (χ1v) is 4.92. The fourth-order valence-electron chi connectivity index (χ4n) is 0.878. The predicted octanol–water partition coefficient (Wildman–Crippen LogP) is 0.908. The lowest BCUT2D eigenvalue weighted by molar-refractivity contribution is 0.0925. The molecule has 15 heavy (non-hydrogen) atoms. The van der Waals surface area contributed by atoms with Crippen molar-refractivity contribution in [1.29, 1.82) is 0 Å². The van der Waals surface area contributed by atoms with Crippen LogP contribution >= 0.6 is 15.9 Å².